The molecule has 1 aromatic rings. The third-order valence-corrected chi connectivity index (χ3v) is 5.61. The Morgan fingerprint density at radius 2 is 1.31 bits per heavy atom. The monoisotopic (exact) mass is 434 g/mol. The van der Waals surface area contributed by atoms with Crippen LogP contribution in [0.1, 0.15) is 66.4 Å². The highest BCUT2D eigenvalue weighted by atomic mass is 16.3. The molecule has 0 aromatic heterocycles. The fourth-order valence-corrected chi connectivity index (χ4v) is 3.66. The number of hydrogen-bond donors (Lipinski definition) is 2. The zero-order chi connectivity index (χ0) is 24.1. The summed E-state index contributed by atoms with van der Waals surface area (Å²) in [6.07, 6.45) is 6.21. The SMILES string of the molecule is CC(C)=CCC1=C(O)/C(=C(/O)c2ccccc2)C(=O)C(CC=C(C)C)(CC=C(C)C)C1=O. The van der Waals surface area contributed by atoms with Crippen LogP contribution in [0.25, 0.3) is 5.76 Å². The highest BCUT2D eigenvalue weighted by Crippen LogP contribution is 2.45. The molecule has 0 spiro atoms. The van der Waals surface area contributed by atoms with Gasteiger partial charge in [-0.25, -0.2) is 0 Å². The van der Waals surface area contributed by atoms with E-state index >= 15 is 0 Å². The number of hydrogen-bond acceptors (Lipinski definition) is 4. The quantitative estimate of drug-likeness (QED) is 0.210. The van der Waals surface area contributed by atoms with Crippen molar-refractivity contribution in [3.8, 4) is 0 Å². The summed E-state index contributed by atoms with van der Waals surface area (Å²) >= 11 is 0. The van der Waals surface area contributed by atoms with Crippen LogP contribution >= 0.6 is 0 Å². The van der Waals surface area contributed by atoms with Gasteiger partial charge >= 0.3 is 0 Å². The zero-order valence-electron chi connectivity index (χ0n) is 20.0. The first-order valence-electron chi connectivity index (χ1n) is 10.9. The van der Waals surface area contributed by atoms with Crippen LogP contribution in [0.4, 0.5) is 0 Å². The Bertz CT molecular complexity index is 1010. The lowest BCUT2D eigenvalue weighted by atomic mass is 9.64. The van der Waals surface area contributed by atoms with Gasteiger partial charge in [0.2, 0.25) is 0 Å². The molecule has 0 fully saturated rings. The van der Waals surface area contributed by atoms with Crippen LogP contribution in [0.15, 0.2) is 82.2 Å². The molecule has 32 heavy (non-hydrogen) atoms. The number of rotatable bonds is 7. The molecule has 0 heterocycles. The molecule has 0 amide bonds. The van der Waals surface area contributed by atoms with Crippen LogP contribution in [0, 0.1) is 5.41 Å². The molecule has 4 heteroatoms. The Hall–Kier alpha value is -3.14. The molecule has 0 unspecified atom stereocenters. The first-order valence-corrected chi connectivity index (χ1v) is 10.9. The molecular formula is C28H34O4. The summed E-state index contributed by atoms with van der Waals surface area (Å²) in [5.41, 5.74) is 1.95. The lowest BCUT2D eigenvalue weighted by Crippen LogP contribution is -2.45. The van der Waals surface area contributed by atoms with Crippen molar-refractivity contribution in [3.63, 3.8) is 0 Å². The minimum absolute atomic E-state index is 0.160. The van der Waals surface area contributed by atoms with Gasteiger partial charge in [0.05, 0.1) is 0 Å². The Morgan fingerprint density at radius 1 is 0.812 bits per heavy atom. The number of benzene rings is 1. The first kappa shape index (κ1) is 25.1. The van der Waals surface area contributed by atoms with Gasteiger partial charge in [0.25, 0.3) is 0 Å². The second-order valence-electron chi connectivity index (χ2n) is 9.11. The summed E-state index contributed by atoms with van der Waals surface area (Å²) < 4.78 is 0. The van der Waals surface area contributed by atoms with E-state index in [-0.39, 0.29) is 42.0 Å². The van der Waals surface area contributed by atoms with Crippen molar-refractivity contribution in [3.05, 3.63) is 87.7 Å². The second kappa shape index (κ2) is 10.4. The molecule has 2 rings (SSSR count). The molecule has 0 atom stereocenters. The molecule has 0 saturated heterocycles. The molecular weight excluding hydrogens is 400 g/mol. The molecule has 0 bridgehead atoms. The highest BCUT2D eigenvalue weighted by Gasteiger charge is 2.52. The molecule has 0 saturated carbocycles. The molecule has 1 aliphatic carbocycles. The normalized spacial score (nSPS) is 17.1. The van der Waals surface area contributed by atoms with Crippen LogP contribution in [-0.2, 0) is 9.59 Å². The third-order valence-electron chi connectivity index (χ3n) is 5.61. The highest BCUT2D eigenvalue weighted by molar-refractivity contribution is 6.26. The zero-order valence-corrected chi connectivity index (χ0v) is 20.0. The van der Waals surface area contributed by atoms with E-state index in [2.05, 4.69) is 0 Å². The minimum Gasteiger partial charge on any atom is -0.507 e. The molecule has 0 radical (unpaired) electrons. The summed E-state index contributed by atoms with van der Waals surface area (Å²) in [7, 11) is 0. The lowest BCUT2D eigenvalue weighted by Gasteiger charge is -2.35. The molecule has 1 aromatic carbocycles. The van der Waals surface area contributed by atoms with Crippen molar-refractivity contribution in [2.45, 2.75) is 60.8 Å². The second-order valence-corrected chi connectivity index (χ2v) is 9.11. The number of carbonyl (C=O) groups is 2. The van der Waals surface area contributed by atoms with Gasteiger partial charge in [0, 0.05) is 11.1 Å². The summed E-state index contributed by atoms with van der Waals surface area (Å²) in [6.45, 7) is 11.5. The van der Waals surface area contributed by atoms with E-state index in [1.54, 1.807) is 30.3 Å². The summed E-state index contributed by atoms with van der Waals surface area (Å²) in [4.78, 5) is 27.7. The van der Waals surface area contributed by atoms with E-state index in [0.29, 0.717) is 5.56 Å². The van der Waals surface area contributed by atoms with Crippen molar-refractivity contribution in [2.24, 2.45) is 5.41 Å². The van der Waals surface area contributed by atoms with Crippen molar-refractivity contribution in [1.29, 1.82) is 0 Å². The Balaban J connectivity index is 2.87. The van der Waals surface area contributed by atoms with E-state index in [0.717, 1.165) is 16.7 Å². The first-order chi connectivity index (χ1) is 15.0. The van der Waals surface area contributed by atoms with Gasteiger partial charge in [-0.3, -0.25) is 9.59 Å². The van der Waals surface area contributed by atoms with Crippen molar-refractivity contribution < 1.29 is 19.8 Å². The molecule has 1 aliphatic rings. The predicted octanol–water partition coefficient (Wildman–Crippen LogP) is 6.97. The van der Waals surface area contributed by atoms with Crippen LogP contribution in [0.5, 0.6) is 0 Å². The maximum atomic E-state index is 13.9. The number of aliphatic hydroxyl groups excluding tert-OH is 2. The number of allylic oxidation sites excluding steroid dienone is 8. The molecule has 4 nitrogen and oxygen atoms in total. The van der Waals surface area contributed by atoms with E-state index < -0.39 is 17.0 Å². The van der Waals surface area contributed by atoms with E-state index in [1.807, 2.05) is 59.8 Å². The van der Waals surface area contributed by atoms with Gasteiger partial charge in [-0.2, -0.15) is 0 Å². The van der Waals surface area contributed by atoms with Crippen LogP contribution < -0.4 is 0 Å². The number of Topliss-reactive ketones (excluding diaryl/α,β-unsaturated/α-hetero) is 2. The predicted molar refractivity (Wildman–Crippen MR) is 130 cm³/mol. The lowest BCUT2D eigenvalue weighted by molar-refractivity contribution is -0.137. The van der Waals surface area contributed by atoms with Gasteiger partial charge in [-0.15, -0.1) is 0 Å². The maximum Gasteiger partial charge on any atom is 0.184 e. The maximum absolute atomic E-state index is 13.9. The summed E-state index contributed by atoms with van der Waals surface area (Å²) in [5, 5.41) is 22.1. The van der Waals surface area contributed by atoms with Crippen molar-refractivity contribution in [2.75, 3.05) is 0 Å². The van der Waals surface area contributed by atoms with Gasteiger partial charge in [-0.05, 0) is 60.8 Å². The van der Waals surface area contributed by atoms with Crippen LogP contribution in [0.3, 0.4) is 0 Å². The average Bonchev–Trinajstić information content (AvgIpc) is 2.73. The largest absolute Gasteiger partial charge is 0.507 e. The number of aliphatic hydroxyl groups is 2. The fraction of sp³-hybridized carbons (Fsp3) is 0.357. The number of carbonyl (C=O) groups excluding carboxylic acids is 2. The topological polar surface area (TPSA) is 74.6 Å². The van der Waals surface area contributed by atoms with Crippen molar-refractivity contribution in [1.82, 2.24) is 0 Å². The van der Waals surface area contributed by atoms with Crippen LogP contribution in [-0.4, -0.2) is 21.8 Å². The van der Waals surface area contributed by atoms with Gasteiger partial charge in [0.1, 0.15) is 22.5 Å². The Labute approximate surface area is 191 Å². The Morgan fingerprint density at radius 3 is 1.78 bits per heavy atom. The standard InChI is InChI=1S/C28H34O4/c1-18(2)12-13-22-25(30)23(24(29)21-10-8-7-9-11-21)27(32)28(26(22)31,16-14-19(3)4)17-15-20(5)6/h7-12,14-15,29-30H,13,16-17H2,1-6H3/b24-23-. The van der Waals surface area contributed by atoms with Gasteiger partial charge < -0.3 is 10.2 Å². The average molecular weight is 435 g/mol. The Kier molecular flexibility index (Phi) is 8.20. The minimum atomic E-state index is -1.41. The van der Waals surface area contributed by atoms with Crippen LogP contribution in [0.2, 0.25) is 0 Å². The third kappa shape index (κ3) is 5.37. The van der Waals surface area contributed by atoms with Gasteiger partial charge in [-0.1, -0.05) is 65.3 Å². The molecule has 0 aliphatic heterocycles. The van der Waals surface area contributed by atoms with Crippen molar-refractivity contribution >= 4 is 17.3 Å². The van der Waals surface area contributed by atoms with E-state index in [4.69, 9.17) is 0 Å². The summed E-state index contributed by atoms with van der Waals surface area (Å²) in [5.74, 6) is -1.66. The van der Waals surface area contributed by atoms with E-state index in [9.17, 15) is 19.8 Å². The smallest absolute Gasteiger partial charge is 0.184 e. The number of ketones is 2. The molecule has 170 valence electrons. The van der Waals surface area contributed by atoms with E-state index in [1.165, 1.54) is 0 Å². The molecule has 2 N–H and O–H groups in total. The van der Waals surface area contributed by atoms with Gasteiger partial charge in [0.15, 0.2) is 11.6 Å². The summed E-state index contributed by atoms with van der Waals surface area (Å²) in [6, 6.07) is 8.63. The fourth-order valence-electron chi connectivity index (χ4n) is 3.66.